The van der Waals surface area contributed by atoms with Crippen LogP contribution in [-0.2, 0) is 4.79 Å². The van der Waals surface area contributed by atoms with Crippen LogP contribution in [0.5, 0.6) is 0 Å². The van der Waals surface area contributed by atoms with Crippen LogP contribution in [0.3, 0.4) is 0 Å². The van der Waals surface area contributed by atoms with Crippen LogP contribution in [0.1, 0.15) is 48.0 Å². The molecule has 0 aromatic rings. The van der Waals surface area contributed by atoms with E-state index in [2.05, 4.69) is 20.8 Å². The van der Waals surface area contributed by atoms with E-state index in [1.807, 2.05) is 26.8 Å². The molecule has 0 unspecified atom stereocenters. The maximum Gasteiger partial charge on any atom is 0.268 e. The molecule has 0 aromatic heterocycles. The van der Waals surface area contributed by atoms with Gasteiger partial charge in [0.2, 0.25) is 0 Å². The van der Waals surface area contributed by atoms with Gasteiger partial charge in [0, 0.05) is 6.54 Å². The van der Waals surface area contributed by atoms with Crippen molar-refractivity contribution in [1.29, 1.82) is 5.26 Å². The first-order valence-corrected chi connectivity index (χ1v) is 6.63. The normalized spacial score (nSPS) is 21.0. The van der Waals surface area contributed by atoms with Gasteiger partial charge in [0.15, 0.2) is 5.57 Å². The molecular weight excluding hydrogens is 240 g/mol. The van der Waals surface area contributed by atoms with Crippen LogP contribution in [0.15, 0.2) is 11.3 Å². The van der Waals surface area contributed by atoms with Crippen molar-refractivity contribution in [3.63, 3.8) is 0 Å². The Morgan fingerprint density at radius 1 is 1.26 bits per heavy atom. The van der Waals surface area contributed by atoms with E-state index in [-0.39, 0.29) is 28.1 Å². The number of amides is 1. The number of aliphatic hydroxyl groups is 1. The average Bonchev–Trinajstić information content (AvgIpc) is 2.45. The van der Waals surface area contributed by atoms with E-state index < -0.39 is 6.04 Å². The fraction of sp³-hybridized carbons (Fsp3) is 0.733. The zero-order chi connectivity index (χ0) is 15.0. The number of nitriles is 1. The van der Waals surface area contributed by atoms with Crippen molar-refractivity contribution in [2.45, 2.75) is 54.0 Å². The second-order valence-electron chi connectivity index (χ2n) is 7.45. The van der Waals surface area contributed by atoms with E-state index in [1.165, 1.54) is 0 Å². The van der Waals surface area contributed by atoms with Crippen LogP contribution in [-0.4, -0.2) is 28.5 Å². The second-order valence-corrected chi connectivity index (χ2v) is 7.45. The van der Waals surface area contributed by atoms with Gasteiger partial charge in [-0.15, -0.1) is 0 Å². The maximum absolute atomic E-state index is 12.2. The van der Waals surface area contributed by atoms with Gasteiger partial charge >= 0.3 is 0 Å². The third-order valence-electron chi connectivity index (χ3n) is 3.34. The third kappa shape index (κ3) is 3.28. The van der Waals surface area contributed by atoms with Gasteiger partial charge in [-0.3, -0.25) is 4.79 Å². The molecule has 0 radical (unpaired) electrons. The Labute approximate surface area is 115 Å². The molecule has 1 aliphatic heterocycles. The lowest BCUT2D eigenvalue weighted by Gasteiger charge is -2.36. The molecule has 1 N–H and O–H groups in total. The topological polar surface area (TPSA) is 64.3 Å². The second kappa shape index (κ2) is 4.88. The highest BCUT2D eigenvalue weighted by atomic mass is 16.3. The minimum absolute atomic E-state index is 0.0751. The zero-order valence-corrected chi connectivity index (χ0v) is 12.7. The average molecular weight is 264 g/mol. The largest absolute Gasteiger partial charge is 0.508 e. The molecule has 1 aliphatic rings. The Kier molecular flexibility index (Phi) is 4.00. The molecule has 106 valence electrons. The summed E-state index contributed by atoms with van der Waals surface area (Å²) in [7, 11) is 0. The highest BCUT2D eigenvalue weighted by Gasteiger charge is 2.45. The Morgan fingerprint density at radius 3 is 2.16 bits per heavy atom. The van der Waals surface area contributed by atoms with E-state index in [4.69, 9.17) is 5.26 Å². The van der Waals surface area contributed by atoms with Crippen LogP contribution in [0.4, 0.5) is 0 Å². The van der Waals surface area contributed by atoms with E-state index in [9.17, 15) is 9.90 Å². The van der Waals surface area contributed by atoms with E-state index in [0.29, 0.717) is 6.54 Å². The first-order chi connectivity index (χ1) is 8.49. The molecule has 1 rings (SSSR count). The highest BCUT2D eigenvalue weighted by molar-refractivity contribution is 6.00. The Bertz CT molecular complexity index is 444. The molecule has 0 aromatic carbocycles. The molecule has 0 aliphatic carbocycles. The lowest BCUT2D eigenvalue weighted by molar-refractivity contribution is -0.128. The zero-order valence-electron chi connectivity index (χ0n) is 12.7. The van der Waals surface area contributed by atoms with Crippen molar-refractivity contribution in [1.82, 2.24) is 4.90 Å². The van der Waals surface area contributed by atoms with Gasteiger partial charge in [0.05, 0.1) is 6.04 Å². The first-order valence-electron chi connectivity index (χ1n) is 6.63. The predicted molar refractivity (Wildman–Crippen MR) is 74.3 cm³/mol. The standard InChI is InChI=1S/C15H24N2O2/c1-14(2,3)7-8-17-12(15(4,5)6)11(18)10(9-16)13(17)19/h12,18H,7-8H2,1-6H3/t12-/m0/s1. The van der Waals surface area contributed by atoms with Crippen LogP contribution in [0, 0.1) is 22.2 Å². The molecule has 1 heterocycles. The molecule has 4 nitrogen and oxygen atoms in total. The summed E-state index contributed by atoms with van der Waals surface area (Å²) in [6, 6.07) is 1.43. The number of carbonyl (C=O) groups excluding carboxylic acids is 1. The van der Waals surface area contributed by atoms with Gasteiger partial charge in [-0.1, -0.05) is 41.5 Å². The summed E-state index contributed by atoms with van der Waals surface area (Å²) in [5.41, 5.74) is -0.293. The van der Waals surface area contributed by atoms with Crippen molar-refractivity contribution in [3.8, 4) is 6.07 Å². The summed E-state index contributed by atoms with van der Waals surface area (Å²) >= 11 is 0. The monoisotopic (exact) mass is 264 g/mol. The lowest BCUT2D eigenvalue weighted by Crippen LogP contribution is -2.45. The molecule has 0 saturated heterocycles. The SMILES string of the molecule is CC(C)(C)CCN1C(=O)C(C#N)=C(O)[C@H]1C(C)(C)C. The van der Waals surface area contributed by atoms with Gasteiger partial charge < -0.3 is 10.0 Å². The molecule has 0 saturated carbocycles. The van der Waals surface area contributed by atoms with Crippen molar-refractivity contribution in [3.05, 3.63) is 11.3 Å². The number of hydrogen-bond acceptors (Lipinski definition) is 3. The third-order valence-corrected chi connectivity index (χ3v) is 3.34. The van der Waals surface area contributed by atoms with Gasteiger partial charge in [-0.05, 0) is 17.3 Å². The summed E-state index contributed by atoms with van der Waals surface area (Å²) in [6.45, 7) is 12.8. The Hall–Kier alpha value is -1.50. The quantitative estimate of drug-likeness (QED) is 0.833. The highest BCUT2D eigenvalue weighted by Crippen LogP contribution is 2.37. The molecular formula is C15H24N2O2. The fourth-order valence-electron chi connectivity index (χ4n) is 2.32. The summed E-state index contributed by atoms with van der Waals surface area (Å²) in [6.07, 6.45) is 0.831. The van der Waals surface area contributed by atoms with Crippen molar-refractivity contribution in [2.24, 2.45) is 10.8 Å². The number of nitrogens with zero attached hydrogens (tertiary/aromatic N) is 2. The van der Waals surface area contributed by atoms with Crippen LogP contribution in [0.25, 0.3) is 0 Å². The molecule has 0 bridgehead atoms. The van der Waals surface area contributed by atoms with Crippen molar-refractivity contribution in [2.75, 3.05) is 6.54 Å². The molecule has 1 amide bonds. The molecule has 1 atom stereocenters. The minimum Gasteiger partial charge on any atom is -0.508 e. The molecule has 0 spiro atoms. The van der Waals surface area contributed by atoms with E-state index >= 15 is 0 Å². The van der Waals surface area contributed by atoms with Crippen molar-refractivity contribution < 1.29 is 9.90 Å². The molecule has 4 heteroatoms. The van der Waals surface area contributed by atoms with Crippen LogP contribution in [0.2, 0.25) is 0 Å². The summed E-state index contributed by atoms with van der Waals surface area (Å²) in [4.78, 5) is 13.8. The number of aliphatic hydroxyl groups excluding tert-OH is 1. The van der Waals surface area contributed by atoms with Gasteiger partial charge in [-0.2, -0.15) is 5.26 Å². The molecule has 19 heavy (non-hydrogen) atoms. The number of rotatable bonds is 2. The molecule has 0 fully saturated rings. The predicted octanol–water partition coefficient (Wildman–Crippen LogP) is 3.02. The summed E-state index contributed by atoms with van der Waals surface area (Å²) < 4.78 is 0. The van der Waals surface area contributed by atoms with Gasteiger partial charge in [-0.25, -0.2) is 0 Å². The lowest BCUT2D eigenvalue weighted by atomic mass is 9.84. The fourth-order valence-corrected chi connectivity index (χ4v) is 2.32. The summed E-state index contributed by atoms with van der Waals surface area (Å²) in [5, 5.41) is 19.2. The van der Waals surface area contributed by atoms with Crippen LogP contribution >= 0.6 is 0 Å². The Morgan fingerprint density at radius 2 is 1.79 bits per heavy atom. The summed E-state index contributed by atoms with van der Waals surface area (Å²) in [5.74, 6) is -0.418. The Balaban J connectivity index is 3.05. The van der Waals surface area contributed by atoms with Gasteiger partial charge in [0.1, 0.15) is 11.8 Å². The van der Waals surface area contributed by atoms with E-state index in [1.54, 1.807) is 4.90 Å². The van der Waals surface area contributed by atoms with Crippen molar-refractivity contribution >= 4 is 5.91 Å². The van der Waals surface area contributed by atoms with E-state index in [0.717, 1.165) is 6.42 Å². The van der Waals surface area contributed by atoms with Crippen LogP contribution < -0.4 is 0 Å². The number of carbonyl (C=O) groups is 1. The number of hydrogen-bond donors (Lipinski definition) is 1. The van der Waals surface area contributed by atoms with Gasteiger partial charge in [0.25, 0.3) is 5.91 Å². The smallest absolute Gasteiger partial charge is 0.268 e. The maximum atomic E-state index is 12.2. The minimum atomic E-state index is -0.406. The first kappa shape index (κ1) is 15.6.